The highest BCUT2D eigenvalue weighted by molar-refractivity contribution is 5.71. The maximum atomic E-state index is 12.0. The van der Waals surface area contributed by atoms with Crippen molar-refractivity contribution < 1.29 is 29.5 Å². The van der Waals surface area contributed by atoms with Crippen LogP contribution in [0.3, 0.4) is 0 Å². The number of carbonyl (C=O) groups is 1. The van der Waals surface area contributed by atoms with Gasteiger partial charge in [-0.25, -0.2) is 0 Å². The lowest BCUT2D eigenvalue weighted by Gasteiger charge is -2.39. The van der Waals surface area contributed by atoms with E-state index in [2.05, 4.69) is 4.84 Å². The van der Waals surface area contributed by atoms with Crippen LogP contribution in [-0.2, 0) is 19.3 Å². The Morgan fingerprint density at radius 3 is 2.08 bits per heavy atom. The lowest BCUT2D eigenvalue weighted by atomic mass is 9.85. The summed E-state index contributed by atoms with van der Waals surface area (Å²) in [6.45, 7) is 9.37. The topological polar surface area (TPSA) is 134 Å². The fourth-order valence-corrected chi connectivity index (χ4v) is 3.03. The smallest absolute Gasteiger partial charge is 0.327 e. The van der Waals surface area contributed by atoms with Gasteiger partial charge in [-0.2, -0.15) is 0 Å². The van der Waals surface area contributed by atoms with Crippen LogP contribution in [0.2, 0.25) is 0 Å². The SMILES string of the molecule is CC(C)C(=O)ON1C(C)(C)C(CO[N+](=O)[O-])C(O[N+](=O)[O-])C1(C)C. The first-order valence-corrected chi connectivity index (χ1v) is 7.42. The molecule has 1 fully saturated rings. The first-order valence-electron chi connectivity index (χ1n) is 7.42. The van der Waals surface area contributed by atoms with Crippen LogP contribution < -0.4 is 0 Å². The second-order valence-corrected chi connectivity index (χ2v) is 7.04. The monoisotopic (exact) mass is 349 g/mol. The first-order chi connectivity index (χ1) is 10.8. The first kappa shape index (κ1) is 19.9. The van der Waals surface area contributed by atoms with Crippen LogP contribution in [0.1, 0.15) is 41.5 Å². The molecule has 0 aromatic carbocycles. The molecule has 0 aromatic heterocycles. The van der Waals surface area contributed by atoms with E-state index in [1.807, 2.05) is 0 Å². The predicted octanol–water partition coefficient (Wildman–Crippen LogP) is 1.37. The standard InChI is InChI=1S/C13H23N3O8/c1-8(2)11(17)24-14-12(3,4)9(7-22-15(18)19)10(13(14,5)6)23-16(20)21/h8-10H,7H2,1-6H3. The van der Waals surface area contributed by atoms with Crippen molar-refractivity contribution in [1.82, 2.24) is 5.06 Å². The summed E-state index contributed by atoms with van der Waals surface area (Å²) in [5.74, 6) is -1.73. The molecule has 0 aliphatic carbocycles. The van der Waals surface area contributed by atoms with E-state index in [0.717, 1.165) is 0 Å². The summed E-state index contributed by atoms with van der Waals surface area (Å²) in [6.07, 6.45) is -1.09. The molecule has 0 aromatic rings. The van der Waals surface area contributed by atoms with Gasteiger partial charge < -0.3 is 14.5 Å². The summed E-state index contributed by atoms with van der Waals surface area (Å²) < 4.78 is 0. The van der Waals surface area contributed by atoms with Gasteiger partial charge in [0, 0.05) is 5.92 Å². The molecule has 0 N–H and O–H groups in total. The fourth-order valence-electron chi connectivity index (χ4n) is 3.03. The Balaban J connectivity index is 3.21. The van der Waals surface area contributed by atoms with Crippen molar-refractivity contribution in [2.45, 2.75) is 58.7 Å². The molecule has 2 unspecified atom stereocenters. The molecule has 1 aliphatic rings. The molecule has 1 aliphatic heterocycles. The van der Waals surface area contributed by atoms with Crippen LogP contribution in [-0.4, -0.2) is 45.0 Å². The summed E-state index contributed by atoms with van der Waals surface area (Å²) in [5.41, 5.74) is -2.10. The van der Waals surface area contributed by atoms with E-state index in [1.165, 1.54) is 5.06 Å². The second kappa shape index (κ2) is 6.75. The average molecular weight is 349 g/mol. The minimum atomic E-state index is -1.11. The van der Waals surface area contributed by atoms with E-state index in [4.69, 9.17) is 9.68 Å². The Kier molecular flexibility index (Phi) is 5.59. The minimum Gasteiger partial charge on any atom is -0.367 e. The summed E-state index contributed by atoms with van der Waals surface area (Å²) in [6, 6.07) is 0. The summed E-state index contributed by atoms with van der Waals surface area (Å²) in [7, 11) is 0. The van der Waals surface area contributed by atoms with E-state index in [0.29, 0.717) is 0 Å². The van der Waals surface area contributed by atoms with E-state index >= 15 is 0 Å². The van der Waals surface area contributed by atoms with Gasteiger partial charge in [-0.15, -0.1) is 25.3 Å². The van der Waals surface area contributed by atoms with Gasteiger partial charge in [0.25, 0.3) is 10.2 Å². The Hall–Kier alpha value is -2.17. The molecule has 2 atom stereocenters. The highest BCUT2D eigenvalue weighted by atomic mass is 17.0. The molecule has 11 heteroatoms. The molecule has 0 amide bonds. The van der Waals surface area contributed by atoms with E-state index in [-0.39, 0.29) is 0 Å². The number of hydrogen-bond donors (Lipinski definition) is 0. The number of nitrogens with zero attached hydrogens (tertiary/aromatic N) is 3. The van der Waals surface area contributed by atoms with E-state index in [9.17, 15) is 25.0 Å². The van der Waals surface area contributed by atoms with Crippen LogP contribution in [0.4, 0.5) is 0 Å². The fraction of sp³-hybridized carbons (Fsp3) is 0.923. The van der Waals surface area contributed by atoms with Crippen molar-refractivity contribution in [3.8, 4) is 0 Å². The van der Waals surface area contributed by atoms with Crippen molar-refractivity contribution in [3.63, 3.8) is 0 Å². The molecule has 0 bridgehead atoms. The van der Waals surface area contributed by atoms with Gasteiger partial charge in [-0.3, -0.25) is 4.79 Å². The maximum absolute atomic E-state index is 12.0. The number of rotatable bonds is 7. The van der Waals surface area contributed by atoms with Crippen molar-refractivity contribution in [2.24, 2.45) is 11.8 Å². The van der Waals surface area contributed by atoms with Crippen LogP contribution in [0.15, 0.2) is 0 Å². The molecular weight excluding hydrogens is 326 g/mol. The van der Waals surface area contributed by atoms with Gasteiger partial charge in [-0.05, 0) is 27.7 Å². The predicted molar refractivity (Wildman–Crippen MR) is 79.2 cm³/mol. The third kappa shape index (κ3) is 3.83. The van der Waals surface area contributed by atoms with Crippen molar-refractivity contribution >= 4 is 5.97 Å². The highest BCUT2D eigenvalue weighted by Gasteiger charge is 2.62. The van der Waals surface area contributed by atoms with Crippen LogP contribution in [0.25, 0.3) is 0 Å². The number of hydrogen-bond acceptors (Lipinski definition) is 9. The lowest BCUT2D eigenvalue weighted by molar-refractivity contribution is -0.778. The molecule has 24 heavy (non-hydrogen) atoms. The molecule has 0 radical (unpaired) electrons. The van der Waals surface area contributed by atoms with Gasteiger partial charge in [0.15, 0.2) is 0 Å². The molecule has 138 valence electrons. The Morgan fingerprint density at radius 1 is 1.12 bits per heavy atom. The minimum absolute atomic E-state index is 0.416. The molecule has 1 rings (SSSR count). The quantitative estimate of drug-likeness (QED) is 0.493. The zero-order valence-electron chi connectivity index (χ0n) is 14.5. The number of carbonyl (C=O) groups excluding carboxylic acids is 1. The van der Waals surface area contributed by atoms with Crippen molar-refractivity contribution in [2.75, 3.05) is 6.61 Å². The normalized spacial score (nSPS) is 25.3. The lowest BCUT2D eigenvalue weighted by Crippen LogP contribution is -2.52. The molecular formula is C13H23N3O8. The zero-order valence-corrected chi connectivity index (χ0v) is 14.5. The van der Waals surface area contributed by atoms with Gasteiger partial charge in [-0.1, -0.05) is 13.8 Å². The molecule has 0 saturated carbocycles. The largest absolute Gasteiger partial charge is 0.367 e. The van der Waals surface area contributed by atoms with E-state index in [1.54, 1.807) is 41.5 Å². The Labute approximate surface area is 139 Å². The van der Waals surface area contributed by atoms with Gasteiger partial charge >= 0.3 is 5.97 Å². The van der Waals surface area contributed by atoms with Crippen LogP contribution >= 0.6 is 0 Å². The van der Waals surface area contributed by atoms with Gasteiger partial charge in [0.05, 0.1) is 17.0 Å². The zero-order chi connectivity index (χ0) is 18.9. The maximum Gasteiger partial charge on any atom is 0.327 e. The molecule has 1 saturated heterocycles. The third-order valence-corrected chi connectivity index (χ3v) is 4.23. The van der Waals surface area contributed by atoms with Crippen molar-refractivity contribution in [1.29, 1.82) is 0 Å². The van der Waals surface area contributed by atoms with Crippen molar-refractivity contribution in [3.05, 3.63) is 20.2 Å². The molecule has 11 nitrogen and oxygen atoms in total. The summed E-state index contributed by atoms with van der Waals surface area (Å²) >= 11 is 0. The van der Waals surface area contributed by atoms with Gasteiger partial charge in [0.1, 0.15) is 12.7 Å². The van der Waals surface area contributed by atoms with Gasteiger partial charge in [0.2, 0.25) is 0 Å². The second-order valence-electron chi connectivity index (χ2n) is 7.04. The van der Waals surface area contributed by atoms with Crippen LogP contribution in [0.5, 0.6) is 0 Å². The summed E-state index contributed by atoms with van der Waals surface area (Å²) in [4.78, 5) is 48.0. The molecule has 0 spiro atoms. The Morgan fingerprint density at radius 2 is 1.67 bits per heavy atom. The van der Waals surface area contributed by atoms with E-state index < -0.39 is 51.8 Å². The summed E-state index contributed by atoms with van der Waals surface area (Å²) in [5, 5.41) is 20.7. The highest BCUT2D eigenvalue weighted by Crippen LogP contribution is 2.47. The number of hydroxylamine groups is 2. The van der Waals surface area contributed by atoms with Crippen LogP contribution in [0, 0.1) is 32.1 Å². The average Bonchev–Trinajstić information content (AvgIpc) is 2.53. The third-order valence-electron chi connectivity index (χ3n) is 4.23. The Bertz CT molecular complexity index is 519. The molecule has 1 heterocycles.